The lowest BCUT2D eigenvalue weighted by Gasteiger charge is -2.31. The summed E-state index contributed by atoms with van der Waals surface area (Å²) < 4.78 is 2.65. The van der Waals surface area contributed by atoms with Gasteiger partial charge in [-0.05, 0) is 77.9 Å². The molecule has 0 saturated heterocycles. The number of anilines is 6. The van der Waals surface area contributed by atoms with E-state index < -0.39 is 0 Å². The molecule has 0 N–H and O–H groups in total. The van der Waals surface area contributed by atoms with Crippen LogP contribution in [0.25, 0.3) is 42.4 Å². The molecule has 1 aromatic heterocycles. The van der Waals surface area contributed by atoms with Crippen LogP contribution in [-0.4, -0.2) is 0 Å². The molecule has 0 aliphatic heterocycles. The van der Waals surface area contributed by atoms with Crippen LogP contribution in [0.3, 0.4) is 0 Å². The Labute approximate surface area is 302 Å². The van der Waals surface area contributed by atoms with Gasteiger partial charge in [0.05, 0.1) is 11.4 Å². The fraction of sp³-hybridized carbons (Fsp3) is 0. The third-order valence-corrected chi connectivity index (χ3v) is 10.7. The van der Waals surface area contributed by atoms with Gasteiger partial charge in [-0.1, -0.05) is 140 Å². The second-order valence-corrected chi connectivity index (χ2v) is 13.6. The van der Waals surface area contributed by atoms with Gasteiger partial charge in [-0.25, -0.2) is 0 Å². The molecule has 51 heavy (non-hydrogen) atoms. The lowest BCUT2D eigenvalue weighted by Crippen LogP contribution is -2.13. The quantitative estimate of drug-likeness (QED) is 0.159. The Morgan fingerprint density at radius 2 is 0.706 bits per heavy atom. The van der Waals surface area contributed by atoms with Gasteiger partial charge < -0.3 is 9.80 Å². The first-order chi connectivity index (χ1) is 25.3. The van der Waals surface area contributed by atoms with Crippen molar-refractivity contribution in [2.75, 3.05) is 9.80 Å². The fourth-order valence-corrected chi connectivity index (χ4v) is 8.38. The molecule has 242 valence electrons. The van der Waals surface area contributed by atoms with Crippen molar-refractivity contribution < 1.29 is 0 Å². The summed E-state index contributed by atoms with van der Waals surface area (Å²) in [6, 6.07) is 73.9. The van der Waals surface area contributed by atoms with Crippen molar-refractivity contribution in [3.05, 3.63) is 206 Å². The predicted octanol–water partition coefficient (Wildman–Crippen LogP) is 14.3. The summed E-state index contributed by atoms with van der Waals surface area (Å²) >= 11 is 1.87. The van der Waals surface area contributed by atoms with Crippen molar-refractivity contribution in [3.8, 4) is 22.3 Å². The number of nitrogens with zero attached hydrogens (tertiary/aromatic N) is 2. The molecule has 9 rings (SSSR count). The molecule has 0 amide bonds. The summed E-state index contributed by atoms with van der Waals surface area (Å²) in [7, 11) is 0. The number of hydrogen-bond acceptors (Lipinski definition) is 3. The minimum atomic E-state index is 1.10. The third-order valence-electron chi connectivity index (χ3n) is 9.46. The summed E-state index contributed by atoms with van der Waals surface area (Å²) in [6.45, 7) is 0. The smallest absolute Gasteiger partial charge is 0.0540 e. The molecule has 8 aromatic carbocycles. The molecular formula is C48H34N2S. The highest BCUT2D eigenvalue weighted by Gasteiger charge is 2.22. The molecule has 0 fully saturated rings. The summed E-state index contributed by atoms with van der Waals surface area (Å²) in [5.41, 5.74) is 11.4. The molecule has 0 aliphatic carbocycles. The van der Waals surface area contributed by atoms with E-state index in [9.17, 15) is 0 Å². The molecule has 3 heteroatoms. The number of benzene rings is 8. The lowest BCUT2D eigenvalue weighted by atomic mass is 9.98. The van der Waals surface area contributed by atoms with Gasteiger partial charge in [0.2, 0.25) is 0 Å². The number of thiophene rings is 1. The Bertz CT molecular complexity index is 2540. The van der Waals surface area contributed by atoms with Crippen LogP contribution in [0.1, 0.15) is 0 Å². The van der Waals surface area contributed by atoms with Gasteiger partial charge in [0, 0.05) is 54.0 Å². The van der Waals surface area contributed by atoms with Crippen molar-refractivity contribution in [2.45, 2.75) is 0 Å². The van der Waals surface area contributed by atoms with Crippen LogP contribution < -0.4 is 9.80 Å². The third kappa shape index (κ3) is 5.74. The van der Waals surface area contributed by atoms with Crippen molar-refractivity contribution in [2.24, 2.45) is 0 Å². The Hall–Kier alpha value is -6.42. The van der Waals surface area contributed by atoms with Crippen LogP contribution in [0.2, 0.25) is 0 Å². The standard InChI is InChI=1S/C48H34N2S/c1-4-17-36(18-5-1)49(37-19-6-2-7-20-37)45-28-13-10-23-41(45)42-24-11-14-29-46(42)50(38-21-8-3-9-22-38)39-33-31-35(32-34-39)40-26-16-27-44-43-25-12-15-30-47(43)51-48(40)44/h1-34H. The van der Waals surface area contributed by atoms with E-state index in [1.165, 1.54) is 31.3 Å². The van der Waals surface area contributed by atoms with E-state index in [2.05, 4.69) is 216 Å². The van der Waals surface area contributed by atoms with E-state index in [1.54, 1.807) is 0 Å². The van der Waals surface area contributed by atoms with Crippen molar-refractivity contribution in [1.29, 1.82) is 0 Å². The van der Waals surface area contributed by atoms with Crippen LogP contribution in [0.15, 0.2) is 206 Å². The Morgan fingerprint density at radius 1 is 0.294 bits per heavy atom. The zero-order valence-corrected chi connectivity index (χ0v) is 28.7. The number of hydrogen-bond donors (Lipinski definition) is 0. The molecule has 0 radical (unpaired) electrons. The van der Waals surface area contributed by atoms with Gasteiger partial charge in [0.15, 0.2) is 0 Å². The zero-order chi connectivity index (χ0) is 34.0. The van der Waals surface area contributed by atoms with E-state index >= 15 is 0 Å². The van der Waals surface area contributed by atoms with E-state index in [1.807, 2.05) is 11.3 Å². The van der Waals surface area contributed by atoms with E-state index in [0.717, 1.165) is 45.3 Å². The minimum absolute atomic E-state index is 1.10. The predicted molar refractivity (Wildman–Crippen MR) is 220 cm³/mol. The average Bonchev–Trinajstić information content (AvgIpc) is 3.59. The summed E-state index contributed by atoms with van der Waals surface area (Å²) in [5, 5.41) is 2.64. The largest absolute Gasteiger partial charge is 0.310 e. The molecule has 9 aromatic rings. The highest BCUT2D eigenvalue weighted by molar-refractivity contribution is 7.26. The van der Waals surface area contributed by atoms with Crippen LogP contribution in [-0.2, 0) is 0 Å². The first-order valence-electron chi connectivity index (χ1n) is 17.3. The van der Waals surface area contributed by atoms with Gasteiger partial charge in [-0.15, -0.1) is 11.3 Å². The van der Waals surface area contributed by atoms with Gasteiger partial charge in [-0.2, -0.15) is 0 Å². The maximum Gasteiger partial charge on any atom is 0.0540 e. The Morgan fingerprint density at radius 3 is 1.25 bits per heavy atom. The first-order valence-corrected chi connectivity index (χ1v) is 18.1. The highest BCUT2D eigenvalue weighted by atomic mass is 32.1. The number of rotatable bonds is 8. The van der Waals surface area contributed by atoms with Gasteiger partial charge in [-0.3, -0.25) is 0 Å². The molecule has 0 saturated carbocycles. The monoisotopic (exact) mass is 670 g/mol. The summed E-state index contributed by atoms with van der Waals surface area (Å²) in [6.07, 6.45) is 0. The van der Waals surface area contributed by atoms with Crippen molar-refractivity contribution in [1.82, 2.24) is 0 Å². The molecule has 2 nitrogen and oxygen atoms in total. The minimum Gasteiger partial charge on any atom is -0.310 e. The normalized spacial score (nSPS) is 11.1. The maximum absolute atomic E-state index is 2.38. The molecular weight excluding hydrogens is 637 g/mol. The molecule has 0 bridgehead atoms. The van der Waals surface area contributed by atoms with Crippen LogP contribution in [0.5, 0.6) is 0 Å². The first kappa shape index (κ1) is 30.6. The van der Waals surface area contributed by atoms with E-state index in [4.69, 9.17) is 0 Å². The van der Waals surface area contributed by atoms with Crippen molar-refractivity contribution in [3.63, 3.8) is 0 Å². The van der Waals surface area contributed by atoms with Crippen molar-refractivity contribution >= 4 is 65.6 Å². The molecule has 0 aliphatic rings. The molecule has 0 unspecified atom stereocenters. The average molecular weight is 671 g/mol. The van der Waals surface area contributed by atoms with Crippen LogP contribution in [0, 0.1) is 0 Å². The summed E-state index contributed by atoms with van der Waals surface area (Å²) in [4.78, 5) is 4.73. The van der Waals surface area contributed by atoms with Gasteiger partial charge >= 0.3 is 0 Å². The summed E-state index contributed by atoms with van der Waals surface area (Å²) in [5.74, 6) is 0. The highest BCUT2D eigenvalue weighted by Crippen LogP contribution is 2.47. The maximum atomic E-state index is 2.38. The van der Waals surface area contributed by atoms with Crippen LogP contribution >= 0.6 is 11.3 Å². The number of para-hydroxylation sites is 5. The fourth-order valence-electron chi connectivity index (χ4n) is 7.14. The topological polar surface area (TPSA) is 6.48 Å². The second-order valence-electron chi connectivity index (χ2n) is 12.5. The SMILES string of the molecule is c1ccc(N(c2ccccc2)c2ccccc2-c2ccccc2N(c2ccccc2)c2ccc(-c3cccc4c3sc3ccccc34)cc2)cc1. The molecule has 1 heterocycles. The van der Waals surface area contributed by atoms with Crippen LogP contribution in [0.4, 0.5) is 34.1 Å². The lowest BCUT2D eigenvalue weighted by molar-refractivity contribution is 1.27. The Kier molecular flexibility index (Phi) is 8.09. The van der Waals surface area contributed by atoms with Gasteiger partial charge in [0.25, 0.3) is 0 Å². The Balaban J connectivity index is 1.19. The second kappa shape index (κ2) is 13.5. The van der Waals surface area contributed by atoms with Gasteiger partial charge in [0.1, 0.15) is 0 Å². The van der Waals surface area contributed by atoms with E-state index in [-0.39, 0.29) is 0 Å². The molecule has 0 spiro atoms. The molecule has 0 atom stereocenters. The zero-order valence-electron chi connectivity index (χ0n) is 27.9. The van der Waals surface area contributed by atoms with E-state index in [0.29, 0.717) is 0 Å². The number of fused-ring (bicyclic) bond motifs is 3.